The summed E-state index contributed by atoms with van der Waals surface area (Å²) in [7, 11) is 0. The van der Waals surface area contributed by atoms with E-state index in [1.807, 2.05) is 19.1 Å². The van der Waals surface area contributed by atoms with Gasteiger partial charge in [0.2, 0.25) is 0 Å². The van der Waals surface area contributed by atoms with Crippen molar-refractivity contribution in [3.8, 4) is 0 Å². The lowest BCUT2D eigenvalue weighted by molar-refractivity contribution is -0.0125. The molecule has 0 saturated carbocycles. The van der Waals surface area contributed by atoms with Gasteiger partial charge in [-0.05, 0) is 60.6 Å². The van der Waals surface area contributed by atoms with Crippen molar-refractivity contribution in [2.45, 2.75) is 52.4 Å². The monoisotopic (exact) mass is 464 g/mol. The zero-order valence-corrected chi connectivity index (χ0v) is 21.2. The van der Waals surface area contributed by atoms with Crippen molar-refractivity contribution in [1.29, 1.82) is 0 Å². The Labute approximate surface area is 204 Å². The SMILES string of the molecule is Cc1ccc(/C(=C/[C@H]2CCN(COCC3CCOCC3)C2)c2ccc(C(C)(C)C)cc2)[nH]c1=O. The number of rotatable bonds is 7. The number of nitrogens with zero attached hydrogens (tertiary/aromatic N) is 1. The van der Waals surface area contributed by atoms with Crippen molar-refractivity contribution >= 4 is 5.57 Å². The van der Waals surface area contributed by atoms with Gasteiger partial charge in [0.15, 0.2) is 0 Å². The predicted molar refractivity (Wildman–Crippen MR) is 138 cm³/mol. The van der Waals surface area contributed by atoms with Gasteiger partial charge in [0, 0.05) is 43.1 Å². The van der Waals surface area contributed by atoms with Crippen molar-refractivity contribution in [1.82, 2.24) is 9.88 Å². The van der Waals surface area contributed by atoms with Crippen LogP contribution in [0.4, 0.5) is 0 Å². The molecule has 34 heavy (non-hydrogen) atoms. The van der Waals surface area contributed by atoms with E-state index >= 15 is 0 Å². The highest BCUT2D eigenvalue weighted by molar-refractivity contribution is 5.78. The number of ether oxygens (including phenoxy) is 2. The number of benzene rings is 1. The standard InChI is InChI=1S/C29H40N2O3/c1-21-5-10-27(30-28(21)32)26(24-6-8-25(9-7-24)29(2,3)4)17-23-11-14-31(18-23)20-34-19-22-12-15-33-16-13-22/h5-10,17,22-23H,11-16,18-20H2,1-4H3,(H,30,32)/b26-17+/t23-/m1/s1. The summed E-state index contributed by atoms with van der Waals surface area (Å²) in [5.41, 5.74) is 5.26. The Morgan fingerprint density at radius 3 is 2.53 bits per heavy atom. The molecule has 1 atom stereocenters. The van der Waals surface area contributed by atoms with Crippen LogP contribution >= 0.6 is 0 Å². The quantitative estimate of drug-likeness (QED) is 0.617. The largest absolute Gasteiger partial charge is 0.381 e. The number of aromatic nitrogens is 1. The van der Waals surface area contributed by atoms with E-state index in [9.17, 15) is 4.79 Å². The molecule has 3 heterocycles. The molecule has 0 amide bonds. The predicted octanol–water partition coefficient (Wildman–Crippen LogP) is 5.14. The molecule has 0 radical (unpaired) electrons. The highest BCUT2D eigenvalue weighted by atomic mass is 16.5. The summed E-state index contributed by atoms with van der Waals surface area (Å²) in [4.78, 5) is 17.9. The average Bonchev–Trinajstić information content (AvgIpc) is 3.27. The van der Waals surface area contributed by atoms with Gasteiger partial charge in [-0.25, -0.2) is 0 Å². The number of hydrogen-bond acceptors (Lipinski definition) is 4. The van der Waals surface area contributed by atoms with Crippen LogP contribution in [0.25, 0.3) is 5.57 Å². The van der Waals surface area contributed by atoms with Crippen LogP contribution in [0.2, 0.25) is 0 Å². The lowest BCUT2D eigenvalue weighted by Crippen LogP contribution is -2.27. The second-order valence-corrected chi connectivity index (χ2v) is 11.0. The molecule has 1 aromatic carbocycles. The summed E-state index contributed by atoms with van der Waals surface area (Å²) in [6, 6.07) is 12.7. The molecule has 2 aliphatic heterocycles. The third kappa shape index (κ3) is 6.47. The summed E-state index contributed by atoms with van der Waals surface area (Å²) in [5, 5.41) is 0. The van der Waals surface area contributed by atoms with E-state index in [2.05, 4.69) is 61.0 Å². The van der Waals surface area contributed by atoms with Gasteiger partial charge in [-0.15, -0.1) is 0 Å². The lowest BCUT2D eigenvalue weighted by atomic mass is 9.85. The normalized spacial score (nSPS) is 20.7. The summed E-state index contributed by atoms with van der Waals surface area (Å²) in [6.45, 7) is 13.8. The number of nitrogens with one attached hydrogen (secondary N) is 1. The third-order valence-electron chi connectivity index (χ3n) is 7.14. The summed E-state index contributed by atoms with van der Waals surface area (Å²) in [6.07, 6.45) is 5.67. The smallest absolute Gasteiger partial charge is 0.251 e. The topological polar surface area (TPSA) is 54.6 Å². The number of hydrogen-bond donors (Lipinski definition) is 1. The van der Waals surface area contributed by atoms with E-state index in [0.29, 0.717) is 18.6 Å². The average molecular weight is 465 g/mol. The van der Waals surface area contributed by atoms with Crippen LogP contribution in [-0.2, 0) is 14.9 Å². The van der Waals surface area contributed by atoms with E-state index in [0.717, 1.165) is 74.6 Å². The van der Waals surface area contributed by atoms with Crippen molar-refractivity contribution in [2.75, 3.05) is 39.6 Å². The Morgan fingerprint density at radius 1 is 1.12 bits per heavy atom. The third-order valence-corrected chi connectivity index (χ3v) is 7.14. The first-order valence-electron chi connectivity index (χ1n) is 12.7. The minimum absolute atomic E-state index is 0.0238. The fourth-order valence-corrected chi connectivity index (χ4v) is 4.81. The molecular formula is C29H40N2O3. The zero-order chi connectivity index (χ0) is 24.1. The number of pyridine rings is 1. The molecule has 5 nitrogen and oxygen atoms in total. The number of H-pyrrole nitrogens is 1. The summed E-state index contributed by atoms with van der Waals surface area (Å²) < 4.78 is 11.5. The molecule has 2 aliphatic rings. The molecule has 1 N–H and O–H groups in total. The molecule has 184 valence electrons. The van der Waals surface area contributed by atoms with Crippen LogP contribution in [0, 0.1) is 18.8 Å². The molecule has 0 bridgehead atoms. The molecule has 5 heteroatoms. The molecule has 0 unspecified atom stereocenters. The van der Waals surface area contributed by atoms with Crippen LogP contribution < -0.4 is 5.56 Å². The van der Waals surface area contributed by atoms with Crippen molar-refractivity contribution in [3.05, 3.63) is 75.2 Å². The van der Waals surface area contributed by atoms with E-state index in [-0.39, 0.29) is 11.0 Å². The zero-order valence-electron chi connectivity index (χ0n) is 21.2. The lowest BCUT2D eigenvalue weighted by Gasteiger charge is -2.23. The van der Waals surface area contributed by atoms with E-state index in [1.165, 1.54) is 5.56 Å². The van der Waals surface area contributed by atoms with Crippen LogP contribution in [0.5, 0.6) is 0 Å². The Bertz CT molecular complexity index is 1030. The molecular weight excluding hydrogens is 424 g/mol. The van der Waals surface area contributed by atoms with E-state index in [4.69, 9.17) is 9.47 Å². The summed E-state index contributed by atoms with van der Waals surface area (Å²) in [5.74, 6) is 1.06. The molecule has 2 saturated heterocycles. The Kier molecular flexibility index (Phi) is 8.07. The van der Waals surface area contributed by atoms with Gasteiger partial charge in [-0.3, -0.25) is 9.69 Å². The molecule has 2 aromatic rings. The van der Waals surface area contributed by atoms with Gasteiger partial charge < -0.3 is 14.5 Å². The minimum Gasteiger partial charge on any atom is -0.381 e. The first-order valence-corrected chi connectivity index (χ1v) is 12.7. The molecule has 4 rings (SSSR count). The van der Waals surface area contributed by atoms with Crippen molar-refractivity contribution in [3.63, 3.8) is 0 Å². The molecule has 0 aliphatic carbocycles. The van der Waals surface area contributed by atoms with Crippen LogP contribution in [0.3, 0.4) is 0 Å². The summed E-state index contributed by atoms with van der Waals surface area (Å²) >= 11 is 0. The van der Waals surface area contributed by atoms with Crippen LogP contribution in [0.1, 0.15) is 62.4 Å². The highest BCUT2D eigenvalue weighted by Gasteiger charge is 2.23. The Balaban J connectivity index is 1.48. The van der Waals surface area contributed by atoms with Crippen molar-refractivity contribution in [2.24, 2.45) is 11.8 Å². The van der Waals surface area contributed by atoms with E-state index in [1.54, 1.807) is 0 Å². The number of likely N-dealkylation sites (tertiary alicyclic amines) is 1. The number of aromatic amines is 1. The maximum Gasteiger partial charge on any atom is 0.251 e. The van der Waals surface area contributed by atoms with Gasteiger partial charge in [0.05, 0.1) is 13.3 Å². The van der Waals surface area contributed by atoms with Crippen LogP contribution in [0.15, 0.2) is 47.3 Å². The maximum atomic E-state index is 12.4. The number of aryl methyl sites for hydroxylation is 1. The fourth-order valence-electron chi connectivity index (χ4n) is 4.81. The maximum absolute atomic E-state index is 12.4. The van der Waals surface area contributed by atoms with Gasteiger partial charge >= 0.3 is 0 Å². The second kappa shape index (κ2) is 11.0. The van der Waals surface area contributed by atoms with E-state index < -0.39 is 0 Å². The minimum atomic E-state index is -0.0238. The molecule has 0 spiro atoms. The fraction of sp³-hybridized carbons (Fsp3) is 0.552. The van der Waals surface area contributed by atoms with Gasteiger partial charge in [-0.1, -0.05) is 57.2 Å². The van der Waals surface area contributed by atoms with Crippen LogP contribution in [-0.4, -0.2) is 49.5 Å². The highest BCUT2D eigenvalue weighted by Crippen LogP contribution is 2.30. The van der Waals surface area contributed by atoms with Crippen molar-refractivity contribution < 1.29 is 9.47 Å². The van der Waals surface area contributed by atoms with Gasteiger partial charge in [0.1, 0.15) is 0 Å². The van der Waals surface area contributed by atoms with Gasteiger partial charge in [0.25, 0.3) is 5.56 Å². The molecule has 2 fully saturated rings. The first kappa shape index (κ1) is 24.9. The first-order chi connectivity index (χ1) is 16.3. The Hall–Kier alpha value is -2.21. The van der Waals surface area contributed by atoms with Gasteiger partial charge in [-0.2, -0.15) is 0 Å². The molecule has 1 aromatic heterocycles. The second-order valence-electron chi connectivity index (χ2n) is 11.0. The Morgan fingerprint density at radius 2 is 1.85 bits per heavy atom.